The average Bonchev–Trinajstić information content (AvgIpc) is 3.50. The fourth-order valence-electron chi connectivity index (χ4n) is 3.95. The standard InChI is InChI=1S/C23H21N7OS/c24-12-14-2-1-3-16(10-14)22-27-18-21(30-6-8-31-9-7-30)28-20(29-23(18)32-22)17-11-15-4-5-25-19(15)26-13-17/h1-5,10-11,13H,6-9,12,24H2,(H,25,26). The molecule has 160 valence electrons. The number of aromatic nitrogens is 5. The van der Waals surface area contributed by atoms with Gasteiger partial charge in [0, 0.05) is 48.5 Å². The Morgan fingerprint density at radius 1 is 1.06 bits per heavy atom. The number of fused-ring (bicyclic) bond motifs is 2. The maximum absolute atomic E-state index is 5.84. The van der Waals surface area contributed by atoms with E-state index in [0.29, 0.717) is 25.6 Å². The number of nitrogens with two attached hydrogens (primary N) is 1. The molecule has 5 aromatic rings. The summed E-state index contributed by atoms with van der Waals surface area (Å²) in [5.41, 5.74) is 10.5. The lowest BCUT2D eigenvalue weighted by Gasteiger charge is -2.28. The van der Waals surface area contributed by atoms with Gasteiger partial charge in [-0.25, -0.2) is 19.9 Å². The molecule has 1 aliphatic heterocycles. The Morgan fingerprint density at radius 3 is 2.84 bits per heavy atom. The highest BCUT2D eigenvalue weighted by Gasteiger charge is 2.22. The number of H-pyrrole nitrogens is 1. The van der Waals surface area contributed by atoms with Gasteiger partial charge < -0.3 is 20.4 Å². The zero-order valence-corrected chi connectivity index (χ0v) is 18.1. The first-order valence-electron chi connectivity index (χ1n) is 10.5. The van der Waals surface area contributed by atoms with Crippen molar-refractivity contribution in [2.75, 3.05) is 31.2 Å². The first kappa shape index (κ1) is 19.3. The number of thiazole rings is 1. The molecule has 4 aromatic heterocycles. The van der Waals surface area contributed by atoms with E-state index in [2.05, 4.69) is 33.1 Å². The second-order valence-electron chi connectivity index (χ2n) is 7.69. The number of pyridine rings is 1. The van der Waals surface area contributed by atoms with E-state index in [9.17, 15) is 0 Å². The Labute approximate surface area is 188 Å². The minimum atomic E-state index is 0.496. The van der Waals surface area contributed by atoms with Crippen LogP contribution < -0.4 is 10.6 Å². The van der Waals surface area contributed by atoms with Crippen molar-refractivity contribution < 1.29 is 4.74 Å². The normalized spacial score (nSPS) is 14.5. The molecule has 1 aromatic carbocycles. The minimum Gasteiger partial charge on any atom is -0.378 e. The van der Waals surface area contributed by atoms with Crippen molar-refractivity contribution >= 4 is 38.5 Å². The van der Waals surface area contributed by atoms with Crippen LogP contribution in [0, 0.1) is 0 Å². The molecule has 0 aliphatic carbocycles. The lowest BCUT2D eigenvalue weighted by Crippen LogP contribution is -2.37. The zero-order chi connectivity index (χ0) is 21.5. The molecular weight excluding hydrogens is 422 g/mol. The van der Waals surface area contributed by atoms with Crippen LogP contribution in [-0.4, -0.2) is 51.2 Å². The molecule has 0 spiro atoms. The van der Waals surface area contributed by atoms with Gasteiger partial charge in [-0.15, -0.1) is 0 Å². The number of aromatic amines is 1. The summed E-state index contributed by atoms with van der Waals surface area (Å²) in [6.45, 7) is 3.39. The highest BCUT2D eigenvalue weighted by molar-refractivity contribution is 7.21. The van der Waals surface area contributed by atoms with E-state index in [-0.39, 0.29) is 0 Å². The van der Waals surface area contributed by atoms with E-state index in [0.717, 1.165) is 62.0 Å². The van der Waals surface area contributed by atoms with Gasteiger partial charge in [-0.05, 0) is 23.8 Å². The molecule has 32 heavy (non-hydrogen) atoms. The highest BCUT2D eigenvalue weighted by Crippen LogP contribution is 2.35. The fourth-order valence-corrected chi connectivity index (χ4v) is 4.88. The van der Waals surface area contributed by atoms with Crippen molar-refractivity contribution in [1.29, 1.82) is 0 Å². The molecule has 1 fully saturated rings. The number of hydrogen-bond acceptors (Lipinski definition) is 8. The number of morpholine rings is 1. The summed E-state index contributed by atoms with van der Waals surface area (Å²) >= 11 is 1.57. The quantitative estimate of drug-likeness (QED) is 0.437. The predicted octanol–water partition coefficient (Wildman–Crippen LogP) is 3.59. The second-order valence-corrected chi connectivity index (χ2v) is 8.66. The first-order chi connectivity index (χ1) is 15.8. The first-order valence-corrected chi connectivity index (χ1v) is 11.3. The molecule has 0 saturated carbocycles. The Kier molecular flexibility index (Phi) is 4.79. The van der Waals surface area contributed by atoms with Gasteiger partial charge in [0.2, 0.25) is 0 Å². The summed E-state index contributed by atoms with van der Waals surface area (Å²) in [4.78, 5) is 25.6. The van der Waals surface area contributed by atoms with Gasteiger partial charge in [-0.2, -0.15) is 0 Å². The summed E-state index contributed by atoms with van der Waals surface area (Å²) in [5.74, 6) is 1.50. The van der Waals surface area contributed by atoms with E-state index in [1.54, 1.807) is 11.3 Å². The number of hydrogen-bond donors (Lipinski definition) is 2. The topological polar surface area (TPSA) is 106 Å². The smallest absolute Gasteiger partial charge is 0.164 e. The van der Waals surface area contributed by atoms with E-state index in [4.69, 9.17) is 25.4 Å². The summed E-state index contributed by atoms with van der Waals surface area (Å²) in [5, 5.41) is 1.94. The number of benzene rings is 1. The number of ether oxygens (including phenoxy) is 1. The van der Waals surface area contributed by atoms with Crippen LogP contribution in [0.25, 0.3) is 43.3 Å². The third-order valence-electron chi connectivity index (χ3n) is 5.62. The fraction of sp³-hybridized carbons (Fsp3) is 0.217. The van der Waals surface area contributed by atoms with E-state index in [1.807, 2.05) is 30.6 Å². The van der Waals surface area contributed by atoms with Crippen LogP contribution in [0.5, 0.6) is 0 Å². The molecule has 1 saturated heterocycles. The molecule has 0 bridgehead atoms. The number of rotatable bonds is 4. The molecule has 1 aliphatic rings. The largest absolute Gasteiger partial charge is 0.378 e. The van der Waals surface area contributed by atoms with Crippen LogP contribution in [-0.2, 0) is 11.3 Å². The molecule has 0 unspecified atom stereocenters. The molecule has 8 nitrogen and oxygen atoms in total. The summed E-state index contributed by atoms with van der Waals surface area (Å²) in [6, 6.07) is 12.3. The zero-order valence-electron chi connectivity index (χ0n) is 17.3. The van der Waals surface area contributed by atoms with Gasteiger partial charge in [0.1, 0.15) is 21.0 Å². The Balaban J connectivity index is 1.52. The van der Waals surface area contributed by atoms with E-state index in [1.165, 1.54) is 0 Å². The minimum absolute atomic E-state index is 0.496. The van der Waals surface area contributed by atoms with Gasteiger partial charge in [-0.1, -0.05) is 29.5 Å². The van der Waals surface area contributed by atoms with Gasteiger partial charge in [0.25, 0.3) is 0 Å². The van der Waals surface area contributed by atoms with Crippen LogP contribution >= 0.6 is 11.3 Å². The summed E-state index contributed by atoms with van der Waals surface area (Å²) in [7, 11) is 0. The molecule has 3 N–H and O–H groups in total. The number of nitrogens with one attached hydrogen (secondary N) is 1. The Bertz CT molecular complexity index is 1420. The van der Waals surface area contributed by atoms with Gasteiger partial charge >= 0.3 is 0 Å². The van der Waals surface area contributed by atoms with Crippen LogP contribution in [0.1, 0.15) is 5.56 Å². The maximum Gasteiger partial charge on any atom is 0.164 e. The lowest BCUT2D eigenvalue weighted by atomic mass is 10.1. The van der Waals surface area contributed by atoms with Crippen molar-refractivity contribution in [2.24, 2.45) is 5.73 Å². The monoisotopic (exact) mass is 443 g/mol. The van der Waals surface area contributed by atoms with Crippen LogP contribution in [0.4, 0.5) is 5.82 Å². The van der Waals surface area contributed by atoms with Crippen molar-refractivity contribution in [3.63, 3.8) is 0 Å². The average molecular weight is 444 g/mol. The second kappa shape index (κ2) is 7.94. The predicted molar refractivity (Wildman–Crippen MR) is 127 cm³/mol. The summed E-state index contributed by atoms with van der Waals surface area (Å²) < 4.78 is 5.56. The van der Waals surface area contributed by atoms with Crippen LogP contribution in [0.2, 0.25) is 0 Å². The highest BCUT2D eigenvalue weighted by atomic mass is 32.1. The van der Waals surface area contributed by atoms with E-state index < -0.39 is 0 Å². The summed E-state index contributed by atoms with van der Waals surface area (Å²) in [6.07, 6.45) is 3.70. The van der Waals surface area contributed by atoms with Crippen molar-refractivity contribution in [2.45, 2.75) is 6.54 Å². The third kappa shape index (κ3) is 3.40. The molecule has 9 heteroatoms. The van der Waals surface area contributed by atoms with E-state index >= 15 is 0 Å². The number of nitrogens with zero attached hydrogens (tertiary/aromatic N) is 5. The Hall–Kier alpha value is -3.40. The van der Waals surface area contributed by atoms with Crippen molar-refractivity contribution in [3.8, 4) is 22.0 Å². The molecule has 0 radical (unpaired) electrons. The SMILES string of the molecule is NCc1cccc(-c2nc3c(N4CCOCC4)nc(-c4cnc5[nH]ccc5c4)nc3s2)c1. The third-order valence-corrected chi connectivity index (χ3v) is 6.62. The maximum atomic E-state index is 5.84. The molecular formula is C23H21N7OS. The van der Waals surface area contributed by atoms with Gasteiger partial charge in [0.15, 0.2) is 11.6 Å². The lowest BCUT2D eigenvalue weighted by molar-refractivity contribution is 0.122. The van der Waals surface area contributed by atoms with Gasteiger partial charge in [0.05, 0.1) is 13.2 Å². The molecule has 6 rings (SSSR count). The van der Waals surface area contributed by atoms with Crippen LogP contribution in [0.3, 0.4) is 0 Å². The van der Waals surface area contributed by atoms with Crippen LogP contribution in [0.15, 0.2) is 48.8 Å². The molecule has 0 amide bonds. The number of anilines is 1. The van der Waals surface area contributed by atoms with Gasteiger partial charge in [-0.3, -0.25) is 0 Å². The van der Waals surface area contributed by atoms with Crippen molar-refractivity contribution in [1.82, 2.24) is 24.9 Å². The molecule has 0 atom stereocenters. The van der Waals surface area contributed by atoms with Crippen molar-refractivity contribution in [3.05, 3.63) is 54.4 Å². The Morgan fingerprint density at radius 2 is 1.97 bits per heavy atom. The molecule has 5 heterocycles.